The molecule has 0 bridgehead atoms. The van der Waals surface area contributed by atoms with Crippen LogP contribution >= 0.6 is 23.1 Å². The van der Waals surface area contributed by atoms with Gasteiger partial charge in [0.1, 0.15) is 21.4 Å². The molecule has 1 atom stereocenters. The largest absolute Gasteiger partial charge is 0.497 e. The summed E-state index contributed by atoms with van der Waals surface area (Å²) in [6.45, 7) is 4.24. The van der Waals surface area contributed by atoms with E-state index in [0.717, 1.165) is 34.4 Å². The molecule has 6 heteroatoms. The van der Waals surface area contributed by atoms with Gasteiger partial charge in [0.2, 0.25) is 0 Å². The molecular formula is C21H22N2O2S2. The third-order valence-electron chi connectivity index (χ3n) is 4.97. The Bertz CT molecular complexity index is 1010. The smallest absolute Gasteiger partial charge is 0.173 e. The Kier molecular flexibility index (Phi) is 5.19. The molecule has 1 aliphatic rings. The average molecular weight is 399 g/mol. The summed E-state index contributed by atoms with van der Waals surface area (Å²) in [6, 6.07) is 7.32. The van der Waals surface area contributed by atoms with Crippen LogP contribution in [0.1, 0.15) is 40.0 Å². The lowest BCUT2D eigenvalue weighted by atomic mass is 9.89. The fourth-order valence-corrected chi connectivity index (χ4v) is 6.02. The summed E-state index contributed by atoms with van der Waals surface area (Å²) in [5, 5.41) is 2.12. The molecule has 2 aromatic heterocycles. The highest BCUT2D eigenvalue weighted by Gasteiger charge is 2.24. The van der Waals surface area contributed by atoms with E-state index in [4.69, 9.17) is 4.74 Å². The third-order valence-corrected chi connectivity index (χ3v) is 7.09. The van der Waals surface area contributed by atoms with Gasteiger partial charge in [-0.15, -0.1) is 11.3 Å². The molecular weight excluding hydrogens is 376 g/mol. The van der Waals surface area contributed by atoms with Crippen molar-refractivity contribution < 1.29 is 9.53 Å². The summed E-state index contributed by atoms with van der Waals surface area (Å²) in [5.41, 5.74) is 2.08. The Balaban J connectivity index is 1.62. The number of benzene rings is 1. The number of carbonyl (C=O) groups excluding carboxylic acids is 1. The van der Waals surface area contributed by atoms with E-state index in [0.29, 0.717) is 17.1 Å². The molecule has 4 nitrogen and oxygen atoms in total. The van der Waals surface area contributed by atoms with Crippen molar-refractivity contribution in [2.24, 2.45) is 5.92 Å². The number of hydrogen-bond donors (Lipinski definition) is 0. The number of thioether (sulfide) groups is 1. The molecule has 4 rings (SSSR count). The van der Waals surface area contributed by atoms with Crippen LogP contribution in [0.25, 0.3) is 10.2 Å². The van der Waals surface area contributed by atoms with Crippen LogP contribution in [0.3, 0.4) is 0 Å². The number of ketones is 1. The first-order valence-corrected chi connectivity index (χ1v) is 10.9. The van der Waals surface area contributed by atoms with E-state index in [-0.39, 0.29) is 5.78 Å². The second kappa shape index (κ2) is 7.60. The molecule has 1 aromatic carbocycles. The molecule has 27 heavy (non-hydrogen) atoms. The van der Waals surface area contributed by atoms with E-state index in [1.165, 1.54) is 34.0 Å². The quantitative estimate of drug-likeness (QED) is 0.340. The number of thiophene rings is 1. The van der Waals surface area contributed by atoms with Gasteiger partial charge in [-0.05, 0) is 49.8 Å². The van der Waals surface area contributed by atoms with E-state index in [2.05, 4.69) is 16.9 Å². The van der Waals surface area contributed by atoms with Crippen molar-refractivity contribution in [3.8, 4) is 5.75 Å². The van der Waals surface area contributed by atoms with Gasteiger partial charge in [0.05, 0.1) is 12.9 Å². The van der Waals surface area contributed by atoms with Crippen molar-refractivity contribution in [3.63, 3.8) is 0 Å². The number of rotatable bonds is 5. The number of hydrogen-bond acceptors (Lipinski definition) is 6. The monoisotopic (exact) mass is 398 g/mol. The molecule has 0 N–H and O–H groups in total. The molecule has 0 amide bonds. The zero-order valence-electron chi connectivity index (χ0n) is 15.7. The molecule has 0 saturated heterocycles. The number of aryl methyl sites for hydroxylation is 2. The second-order valence-electron chi connectivity index (χ2n) is 7.05. The summed E-state index contributed by atoms with van der Waals surface area (Å²) in [4.78, 5) is 24.5. The Morgan fingerprint density at radius 3 is 3.04 bits per heavy atom. The number of nitrogens with zero attached hydrogens (tertiary/aromatic N) is 2. The van der Waals surface area contributed by atoms with Crippen LogP contribution in [-0.4, -0.2) is 28.6 Å². The van der Waals surface area contributed by atoms with Crippen LogP contribution in [0.5, 0.6) is 5.75 Å². The Labute approximate surface area is 167 Å². The van der Waals surface area contributed by atoms with Gasteiger partial charge in [-0.2, -0.15) is 0 Å². The minimum Gasteiger partial charge on any atom is -0.497 e. The van der Waals surface area contributed by atoms with Gasteiger partial charge < -0.3 is 4.74 Å². The van der Waals surface area contributed by atoms with Crippen molar-refractivity contribution in [3.05, 3.63) is 46.1 Å². The lowest BCUT2D eigenvalue weighted by molar-refractivity contribution is 0.102. The molecule has 0 unspecified atom stereocenters. The fourth-order valence-electron chi connectivity index (χ4n) is 3.53. The van der Waals surface area contributed by atoms with Gasteiger partial charge in [0.15, 0.2) is 5.78 Å². The summed E-state index contributed by atoms with van der Waals surface area (Å²) < 4.78 is 5.22. The van der Waals surface area contributed by atoms with E-state index < -0.39 is 0 Å². The molecule has 0 radical (unpaired) electrons. The zero-order chi connectivity index (χ0) is 19.0. The second-order valence-corrected chi connectivity index (χ2v) is 9.10. The van der Waals surface area contributed by atoms with Gasteiger partial charge in [-0.3, -0.25) is 4.79 Å². The molecule has 0 fully saturated rings. The number of carbonyl (C=O) groups is 1. The molecule has 0 aliphatic heterocycles. The molecule has 2 heterocycles. The van der Waals surface area contributed by atoms with Crippen LogP contribution in [0.15, 0.2) is 29.3 Å². The van der Waals surface area contributed by atoms with Crippen molar-refractivity contribution in [1.82, 2.24) is 9.97 Å². The number of methoxy groups -OCH3 is 1. The fraction of sp³-hybridized carbons (Fsp3) is 0.381. The average Bonchev–Trinajstić information content (AvgIpc) is 3.02. The van der Waals surface area contributed by atoms with E-state index in [1.54, 1.807) is 24.5 Å². The van der Waals surface area contributed by atoms with Gasteiger partial charge in [0, 0.05) is 15.8 Å². The Morgan fingerprint density at radius 2 is 2.22 bits per heavy atom. The van der Waals surface area contributed by atoms with Crippen molar-refractivity contribution >= 4 is 39.1 Å². The van der Waals surface area contributed by atoms with Gasteiger partial charge in [-0.1, -0.05) is 30.8 Å². The highest BCUT2D eigenvalue weighted by atomic mass is 32.2. The van der Waals surface area contributed by atoms with Crippen molar-refractivity contribution in [2.75, 3.05) is 12.9 Å². The number of Topliss-reactive ketones (excluding diaryl/α,β-unsaturated/α-hetero) is 1. The maximum Gasteiger partial charge on any atom is 0.173 e. The predicted molar refractivity (Wildman–Crippen MR) is 111 cm³/mol. The van der Waals surface area contributed by atoms with Gasteiger partial charge in [-0.25, -0.2) is 9.97 Å². The summed E-state index contributed by atoms with van der Waals surface area (Å²) in [7, 11) is 1.61. The third kappa shape index (κ3) is 3.73. The van der Waals surface area contributed by atoms with Crippen LogP contribution in [0.2, 0.25) is 0 Å². The van der Waals surface area contributed by atoms with Crippen LogP contribution in [0.4, 0.5) is 0 Å². The highest BCUT2D eigenvalue weighted by molar-refractivity contribution is 8.00. The maximum atomic E-state index is 12.7. The van der Waals surface area contributed by atoms with Crippen LogP contribution < -0.4 is 4.74 Å². The first-order chi connectivity index (χ1) is 13.0. The molecule has 0 spiro atoms. The summed E-state index contributed by atoms with van der Waals surface area (Å²) in [5.74, 6) is 2.64. The van der Waals surface area contributed by atoms with Crippen molar-refractivity contribution in [1.29, 1.82) is 0 Å². The molecule has 1 aliphatic carbocycles. The van der Waals surface area contributed by atoms with E-state index in [9.17, 15) is 4.79 Å². The zero-order valence-corrected chi connectivity index (χ0v) is 17.4. The lowest BCUT2D eigenvalue weighted by Gasteiger charge is -2.18. The molecule has 0 saturated carbocycles. The predicted octanol–water partition coefficient (Wildman–Crippen LogP) is 5.11. The SMILES string of the molecule is COc1cccc(C(=O)CSc2nc(C)nc3sc4c(c23)CC[C@H](C)C4)c1. The summed E-state index contributed by atoms with van der Waals surface area (Å²) >= 11 is 3.33. The summed E-state index contributed by atoms with van der Waals surface area (Å²) in [6.07, 6.45) is 3.42. The number of aromatic nitrogens is 2. The van der Waals surface area contributed by atoms with Crippen LogP contribution in [0, 0.1) is 12.8 Å². The van der Waals surface area contributed by atoms with Crippen molar-refractivity contribution in [2.45, 2.75) is 38.1 Å². The highest BCUT2D eigenvalue weighted by Crippen LogP contribution is 2.41. The first kappa shape index (κ1) is 18.4. The molecule has 3 aromatic rings. The number of ether oxygens (including phenoxy) is 1. The van der Waals surface area contributed by atoms with Gasteiger partial charge in [0.25, 0.3) is 0 Å². The maximum absolute atomic E-state index is 12.7. The Hall–Kier alpha value is -1.92. The topological polar surface area (TPSA) is 52.1 Å². The van der Waals surface area contributed by atoms with Gasteiger partial charge >= 0.3 is 0 Å². The Morgan fingerprint density at radius 1 is 1.37 bits per heavy atom. The normalized spacial score (nSPS) is 16.3. The molecule has 140 valence electrons. The minimum atomic E-state index is 0.0843. The van der Waals surface area contributed by atoms with E-state index in [1.807, 2.05) is 25.1 Å². The van der Waals surface area contributed by atoms with Crippen LogP contribution in [-0.2, 0) is 12.8 Å². The lowest BCUT2D eigenvalue weighted by Crippen LogP contribution is -2.09. The van der Waals surface area contributed by atoms with E-state index >= 15 is 0 Å². The number of fused-ring (bicyclic) bond motifs is 3. The minimum absolute atomic E-state index is 0.0843. The standard InChI is InChI=1S/C21H22N2O2S2/c1-12-7-8-16-18(9-12)27-21-19(16)20(22-13(2)23-21)26-11-17(24)14-5-4-6-15(10-14)25-3/h4-6,10,12H,7-9,11H2,1-3H3/t12-/m0/s1. The first-order valence-electron chi connectivity index (χ1n) is 9.14.